The first-order chi connectivity index (χ1) is 29.6. The van der Waals surface area contributed by atoms with Crippen molar-refractivity contribution in [2.24, 2.45) is 0 Å². The fourth-order valence-corrected chi connectivity index (χ4v) is 9.14. The van der Waals surface area contributed by atoms with E-state index in [1.165, 1.54) is 263 Å². The van der Waals surface area contributed by atoms with Crippen LogP contribution in [0.25, 0.3) is 0 Å². The second kappa shape index (κ2) is 51.0. The van der Waals surface area contributed by atoms with Gasteiger partial charge in [0.05, 0.1) is 18.8 Å². The molecule has 0 heterocycles. The number of unbranched alkanes of at least 4 members (excludes halogenated alkanes) is 44. The van der Waals surface area contributed by atoms with Gasteiger partial charge in [0.15, 0.2) is 0 Å². The summed E-state index contributed by atoms with van der Waals surface area (Å²) in [7, 11) is 0. The van der Waals surface area contributed by atoms with Gasteiger partial charge in [0, 0.05) is 0 Å². The van der Waals surface area contributed by atoms with Gasteiger partial charge in [-0.05, 0) is 12.8 Å². The fourth-order valence-electron chi connectivity index (χ4n) is 9.14. The van der Waals surface area contributed by atoms with Crippen molar-refractivity contribution in [3.8, 4) is 0 Å². The third kappa shape index (κ3) is 45.4. The van der Waals surface area contributed by atoms with E-state index < -0.39 is 24.2 Å². The zero-order valence-electron chi connectivity index (χ0n) is 41.1. The minimum atomic E-state index is -1.07. The van der Waals surface area contributed by atoms with Crippen LogP contribution >= 0.6 is 0 Å². The molecular formula is C55H111NO4. The Kier molecular flexibility index (Phi) is 50.4. The molecule has 0 rings (SSSR count). The highest BCUT2D eigenvalue weighted by Gasteiger charge is 2.23. The van der Waals surface area contributed by atoms with E-state index in [1.54, 1.807) is 0 Å². The minimum Gasteiger partial charge on any atom is -0.394 e. The van der Waals surface area contributed by atoms with E-state index in [0.717, 1.165) is 32.1 Å². The van der Waals surface area contributed by atoms with Gasteiger partial charge >= 0.3 is 0 Å². The number of rotatable bonds is 52. The molecule has 5 nitrogen and oxygen atoms in total. The van der Waals surface area contributed by atoms with Crippen molar-refractivity contribution in [2.75, 3.05) is 6.61 Å². The van der Waals surface area contributed by atoms with Crippen molar-refractivity contribution in [1.82, 2.24) is 5.32 Å². The smallest absolute Gasteiger partial charge is 0.249 e. The lowest BCUT2D eigenvalue weighted by Gasteiger charge is -2.23. The maximum Gasteiger partial charge on any atom is 0.249 e. The molecule has 0 spiro atoms. The standard InChI is InChI=1S/C55H111NO4/c1-3-5-7-9-11-13-15-17-19-21-23-24-25-26-27-28-29-30-31-32-34-36-38-40-42-44-46-48-50-54(59)55(60)56-52(51-57)53(58)49-47-45-43-41-39-37-35-33-22-20-18-16-14-12-10-8-6-4-2/h52-54,57-59H,3-51H2,1-2H3,(H,56,60). The molecule has 0 aromatic rings. The van der Waals surface area contributed by atoms with Gasteiger partial charge in [-0.3, -0.25) is 4.79 Å². The first-order valence-corrected chi connectivity index (χ1v) is 27.8. The van der Waals surface area contributed by atoms with Gasteiger partial charge in [-0.25, -0.2) is 0 Å². The van der Waals surface area contributed by atoms with Gasteiger partial charge in [-0.1, -0.05) is 309 Å². The summed E-state index contributed by atoms with van der Waals surface area (Å²) in [4.78, 5) is 12.6. The van der Waals surface area contributed by atoms with Crippen LogP contribution in [-0.4, -0.2) is 46.1 Å². The Morgan fingerprint density at radius 1 is 0.333 bits per heavy atom. The Morgan fingerprint density at radius 2 is 0.533 bits per heavy atom. The van der Waals surface area contributed by atoms with Gasteiger partial charge in [-0.2, -0.15) is 0 Å². The molecule has 60 heavy (non-hydrogen) atoms. The average Bonchev–Trinajstić information content (AvgIpc) is 3.25. The number of aliphatic hydroxyl groups is 3. The van der Waals surface area contributed by atoms with Crippen LogP contribution in [0.3, 0.4) is 0 Å². The van der Waals surface area contributed by atoms with Crippen LogP contribution in [0.2, 0.25) is 0 Å². The van der Waals surface area contributed by atoms with Gasteiger partial charge in [0.1, 0.15) is 6.10 Å². The lowest BCUT2D eigenvalue weighted by Crippen LogP contribution is -2.49. The van der Waals surface area contributed by atoms with Crippen LogP contribution in [0.5, 0.6) is 0 Å². The molecular weight excluding hydrogens is 739 g/mol. The van der Waals surface area contributed by atoms with Crippen molar-refractivity contribution in [3.63, 3.8) is 0 Å². The third-order valence-corrected chi connectivity index (χ3v) is 13.5. The zero-order chi connectivity index (χ0) is 43.7. The second-order valence-corrected chi connectivity index (χ2v) is 19.5. The van der Waals surface area contributed by atoms with Crippen LogP contribution in [0, 0.1) is 0 Å². The van der Waals surface area contributed by atoms with Crippen molar-refractivity contribution in [3.05, 3.63) is 0 Å². The molecule has 0 aromatic carbocycles. The fraction of sp³-hybridized carbons (Fsp3) is 0.982. The molecule has 1 amide bonds. The summed E-state index contributed by atoms with van der Waals surface area (Å²) in [5, 5.41) is 33.5. The largest absolute Gasteiger partial charge is 0.394 e. The minimum absolute atomic E-state index is 0.307. The topological polar surface area (TPSA) is 89.8 Å². The van der Waals surface area contributed by atoms with Crippen LogP contribution in [0.4, 0.5) is 0 Å². The number of carbonyl (C=O) groups excluding carboxylic acids is 1. The molecule has 0 bridgehead atoms. The van der Waals surface area contributed by atoms with E-state index in [9.17, 15) is 20.1 Å². The molecule has 0 saturated heterocycles. The molecule has 0 aliphatic rings. The van der Waals surface area contributed by atoms with Crippen LogP contribution in [-0.2, 0) is 4.79 Å². The van der Waals surface area contributed by atoms with Gasteiger partial charge in [-0.15, -0.1) is 0 Å². The SMILES string of the molecule is CCCCCCCCCCCCCCCCCCCCCCCCCCCCCCC(O)C(=O)NC(CO)C(O)CCCCCCCCCCCCCCCCCCCC. The van der Waals surface area contributed by atoms with E-state index >= 15 is 0 Å². The maximum absolute atomic E-state index is 12.6. The van der Waals surface area contributed by atoms with E-state index in [1.807, 2.05) is 0 Å². The van der Waals surface area contributed by atoms with E-state index in [0.29, 0.717) is 12.8 Å². The highest BCUT2D eigenvalue weighted by atomic mass is 16.3. The molecule has 360 valence electrons. The summed E-state index contributed by atoms with van der Waals surface area (Å²) in [6.07, 6.45) is 61.5. The quantitative estimate of drug-likeness (QED) is 0.0459. The second-order valence-electron chi connectivity index (χ2n) is 19.5. The zero-order valence-corrected chi connectivity index (χ0v) is 41.1. The predicted molar refractivity (Wildman–Crippen MR) is 264 cm³/mol. The molecule has 0 radical (unpaired) electrons. The van der Waals surface area contributed by atoms with E-state index in [-0.39, 0.29) is 6.61 Å². The lowest BCUT2D eigenvalue weighted by atomic mass is 10.0. The first kappa shape index (κ1) is 59.4. The van der Waals surface area contributed by atoms with Gasteiger partial charge < -0.3 is 20.6 Å². The number of carbonyl (C=O) groups is 1. The van der Waals surface area contributed by atoms with Crippen molar-refractivity contribution < 1.29 is 20.1 Å². The Morgan fingerprint density at radius 3 is 0.750 bits per heavy atom. The number of nitrogens with one attached hydrogen (secondary N) is 1. The first-order valence-electron chi connectivity index (χ1n) is 27.8. The highest BCUT2D eigenvalue weighted by molar-refractivity contribution is 5.80. The molecule has 3 unspecified atom stereocenters. The molecule has 0 saturated carbocycles. The summed E-state index contributed by atoms with van der Waals surface area (Å²) in [5.41, 5.74) is 0. The Bertz CT molecular complexity index is 807. The Labute approximate surface area is 377 Å². The van der Waals surface area contributed by atoms with Gasteiger partial charge in [0.2, 0.25) is 5.91 Å². The van der Waals surface area contributed by atoms with Gasteiger partial charge in [0.25, 0.3) is 0 Å². The lowest BCUT2D eigenvalue weighted by molar-refractivity contribution is -0.131. The van der Waals surface area contributed by atoms with E-state index in [4.69, 9.17) is 0 Å². The summed E-state index contributed by atoms with van der Waals surface area (Å²) < 4.78 is 0. The summed E-state index contributed by atoms with van der Waals surface area (Å²) >= 11 is 0. The number of hydrogen-bond donors (Lipinski definition) is 4. The third-order valence-electron chi connectivity index (χ3n) is 13.5. The Balaban J connectivity index is 3.48. The molecule has 0 aromatic heterocycles. The van der Waals surface area contributed by atoms with Crippen molar-refractivity contribution in [1.29, 1.82) is 0 Å². The van der Waals surface area contributed by atoms with Crippen molar-refractivity contribution >= 4 is 5.91 Å². The summed E-state index contributed by atoms with van der Waals surface area (Å²) in [6.45, 7) is 4.28. The Hall–Kier alpha value is -0.650. The van der Waals surface area contributed by atoms with E-state index in [2.05, 4.69) is 19.2 Å². The summed E-state index contributed by atoms with van der Waals surface area (Å²) in [6, 6.07) is -0.707. The number of amides is 1. The predicted octanol–water partition coefficient (Wildman–Crippen LogP) is 16.9. The van der Waals surface area contributed by atoms with Crippen LogP contribution < -0.4 is 5.32 Å². The maximum atomic E-state index is 12.6. The molecule has 3 atom stereocenters. The van der Waals surface area contributed by atoms with Crippen LogP contribution in [0.15, 0.2) is 0 Å². The van der Waals surface area contributed by atoms with Crippen LogP contribution in [0.1, 0.15) is 322 Å². The highest BCUT2D eigenvalue weighted by Crippen LogP contribution is 2.18. The average molecular weight is 850 g/mol. The molecule has 0 fully saturated rings. The normalized spacial score (nSPS) is 13.2. The molecule has 0 aliphatic heterocycles. The number of aliphatic hydroxyl groups excluding tert-OH is 3. The number of hydrogen-bond acceptors (Lipinski definition) is 4. The molecule has 0 aliphatic carbocycles. The molecule has 4 N–H and O–H groups in total. The molecule has 5 heteroatoms. The summed E-state index contributed by atoms with van der Waals surface area (Å²) in [5.74, 6) is -0.462. The van der Waals surface area contributed by atoms with Crippen molar-refractivity contribution in [2.45, 2.75) is 340 Å². The monoisotopic (exact) mass is 850 g/mol.